The molecule has 0 unspecified atom stereocenters. The standard InChI is InChI=1S/C13H20N6S.HI/c1-10-18-12(9-20-10)4-5-15-13(14-2)16-6-11-7-17-19(3)8-11;/h7-9H,4-6H2,1-3H3,(H2,14,15,16);1H. The summed E-state index contributed by atoms with van der Waals surface area (Å²) in [6.45, 7) is 3.55. The molecular formula is C13H21IN6S. The minimum atomic E-state index is 0. The molecule has 0 fully saturated rings. The van der Waals surface area contributed by atoms with Crippen molar-refractivity contribution in [1.29, 1.82) is 0 Å². The highest BCUT2D eigenvalue weighted by atomic mass is 127. The van der Waals surface area contributed by atoms with Crippen LogP contribution >= 0.6 is 35.3 Å². The van der Waals surface area contributed by atoms with E-state index >= 15 is 0 Å². The second-order valence-corrected chi connectivity index (χ2v) is 5.54. The average Bonchev–Trinajstić information content (AvgIpc) is 3.02. The Balaban J connectivity index is 0.00000220. The summed E-state index contributed by atoms with van der Waals surface area (Å²) in [7, 11) is 3.68. The zero-order chi connectivity index (χ0) is 14.4. The first-order valence-electron chi connectivity index (χ1n) is 6.50. The van der Waals surface area contributed by atoms with Crippen molar-refractivity contribution in [1.82, 2.24) is 25.4 Å². The molecule has 0 bridgehead atoms. The first-order valence-corrected chi connectivity index (χ1v) is 7.38. The van der Waals surface area contributed by atoms with E-state index < -0.39 is 0 Å². The van der Waals surface area contributed by atoms with Crippen molar-refractivity contribution in [2.75, 3.05) is 13.6 Å². The van der Waals surface area contributed by atoms with E-state index in [9.17, 15) is 0 Å². The maximum atomic E-state index is 4.44. The number of hydrogen-bond donors (Lipinski definition) is 2. The molecule has 2 aromatic rings. The van der Waals surface area contributed by atoms with Crippen molar-refractivity contribution in [2.24, 2.45) is 12.0 Å². The molecule has 0 aliphatic rings. The molecule has 0 aliphatic heterocycles. The van der Waals surface area contributed by atoms with Crippen LogP contribution in [0, 0.1) is 6.92 Å². The molecule has 0 atom stereocenters. The predicted octanol–water partition coefficient (Wildman–Crippen LogP) is 1.71. The van der Waals surface area contributed by atoms with Gasteiger partial charge in [0.05, 0.1) is 16.9 Å². The van der Waals surface area contributed by atoms with Crippen molar-refractivity contribution in [2.45, 2.75) is 19.9 Å². The van der Waals surface area contributed by atoms with Crippen LogP contribution in [0.5, 0.6) is 0 Å². The Labute approximate surface area is 146 Å². The lowest BCUT2D eigenvalue weighted by atomic mass is 10.3. The molecule has 2 aromatic heterocycles. The highest BCUT2D eigenvalue weighted by molar-refractivity contribution is 14.0. The Morgan fingerprint density at radius 2 is 2.24 bits per heavy atom. The van der Waals surface area contributed by atoms with Crippen molar-refractivity contribution in [3.63, 3.8) is 0 Å². The maximum absolute atomic E-state index is 4.44. The number of halogens is 1. The molecule has 116 valence electrons. The Kier molecular flexibility index (Phi) is 7.65. The second-order valence-electron chi connectivity index (χ2n) is 4.48. The molecule has 0 saturated carbocycles. The SMILES string of the molecule is CN=C(NCCc1csc(C)n1)NCc1cnn(C)c1.I. The number of aromatic nitrogens is 3. The monoisotopic (exact) mass is 420 g/mol. The molecular weight excluding hydrogens is 399 g/mol. The second kappa shape index (κ2) is 8.98. The third-order valence-corrected chi connectivity index (χ3v) is 3.60. The van der Waals surface area contributed by atoms with Crippen LogP contribution in [0.2, 0.25) is 0 Å². The van der Waals surface area contributed by atoms with Crippen LogP contribution in [0.4, 0.5) is 0 Å². The van der Waals surface area contributed by atoms with E-state index in [0.717, 1.165) is 35.2 Å². The molecule has 0 saturated heterocycles. The molecule has 0 amide bonds. The van der Waals surface area contributed by atoms with Crippen molar-refractivity contribution >= 4 is 41.3 Å². The van der Waals surface area contributed by atoms with Gasteiger partial charge in [-0.2, -0.15) is 5.10 Å². The normalized spacial score (nSPS) is 11.1. The van der Waals surface area contributed by atoms with Gasteiger partial charge in [0.15, 0.2) is 5.96 Å². The summed E-state index contributed by atoms with van der Waals surface area (Å²) < 4.78 is 1.79. The maximum Gasteiger partial charge on any atom is 0.191 e. The minimum Gasteiger partial charge on any atom is -0.356 e. The summed E-state index contributed by atoms with van der Waals surface area (Å²) in [4.78, 5) is 8.63. The summed E-state index contributed by atoms with van der Waals surface area (Å²) in [5, 5.41) is 13.9. The Hall–Kier alpha value is -1.16. The molecule has 8 heteroatoms. The van der Waals surface area contributed by atoms with E-state index in [1.807, 2.05) is 26.4 Å². The number of nitrogens with one attached hydrogen (secondary N) is 2. The van der Waals surface area contributed by atoms with Gasteiger partial charge in [0, 0.05) is 50.7 Å². The Morgan fingerprint density at radius 3 is 2.81 bits per heavy atom. The lowest BCUT2D eigenvalue weighted by Crippen LogP contribution is -2.37. The van der Waals surface area contributed by atoms with E-state index in [0.29, 0.717) is 6.54 Å². The fourth-order valence-electron chi connectivity index (χ4n) is 1.80. The quantitative estimate of drug-likeness (QED) is 0.439. The number of hydrogen-bond acceptors (Lipinski definition) is 4. The van der Waals surface area contributed by atoms with E-state index in [4.69, 9.17) is 0 Å². The number of nitrogens with zero attached hydrogens (tertiary/aromatic N) is 4. The highest BCUT2D eigenvalue weighted by Crippen LogP contribution is 2.07. The molecule has 2 heterocycles. The summed E-state index contributed by atoms with van der Waals surface area (Å²) in [6.07, 6.45) is 4.73. The van der Waals surface area contributed by atoms with Gasteiger partial charge in [-0.3, -0.25) is 9.67 Å². The first kappa shape index (κ1) is 17.9. The third kappa shape index (κ3) is 6.00. The van der Waals surface area contributed by atoms with Gasteiger partial charge >= 0.3 is 0 Å². The third-order valence-electron chi connectivity index (χ3n) is 2.78. The Bertz CT molecular complexity index is 577. The predicted molar refractivity (Wildman–Crippen MR) is 97.4 cm³/mol. The summed E-state index contributed by atoms with van der Waals surface area (Å²) in [5.41, 5.74) is 2.26. The molecule has 21 heavy (non-hydrogen) atoms. The molecule has 2 rings (SSSR count). The molecule has 0 radical (unpaired) electrons. The molecule has 0 spiro atoms. The molecule has 0 aromatic carbocycles. The van der Waals surface area contributed by atoms with E-state index in [1.54, 1.807) is 23.1 Å². The van der Waals surface area contributed by atoms with Crippen molar-refractivity contribution in [3.05, 3.63) is 34.0 Å². The van der Waals surface area contributed by atoms with Crippen LogP contribution < -0.4 is 10.6 Å². The molecule has 6 nitrogen and oxygen atoms in total. The number of rotatable bonds is 5. The first-order chi connectivity index (χ1) is 9.67. The average molecular weight is 420 g/mol. The molecule has 0 aliphatic carbocycles. The van der Waals surface area contributed by atoms with Crippen LogP contribution in [0.15, 0.2) is 22.8 Å². The van der Waals surface area contributed by atoms with Gasteiger partial charge in [-0.25, -0.2) is 4.98 Å². The topological polar surface area (TPSA) is 67.1 Å². The van der Waals surface area contributed by atoms with Crippen LogP contribution in [0.1, 0.15) is 16.3 Å². The summed E-state index contributed by atoms with van der Waals surface area (Å²) >= 11 is 1.68. The van der Waals surface area contributed by atoms with E-state index in [-0.39, 0.29) is 24.0 Å². The van der Waals surface area contributed by atoms with Crippen LogP contribution in [0.25, 0.3) is 0 Å². The number of aryl methyl sites for hydroxylation is 2. The lowest BCUT2D eigenvalue weighted by Gasteiger charge is -2.10. The zero-order valence-corrected chi connectivity index (χ0v) is 15.6. The van der Waals surface area contributed by atoms with Gasteiger partial charge in [0.1, 0.15) is 0 Å². The smallest absolute Gasteiger partial charge is 0.191 e. The van der Waals surface area contributed by atoms with Crippen LogP contribution in [0.3, 0.4) is 0 Å². The van der Waals surface area contributed by atoms with Gasteiger partial charge in [-0.05, 0) is 6.92 Å². The van der Waals surface area contributed by atoms with E-state index in [2.05, 4.69) is 31.1 Å². The number of thiazole rings is 1. The van der Waals surface area contributed by atoms with Crippen LogP contribution in [-0.2, 0) is 20.0 Å². The van der Waals surface area contributed by atoms with Gasteiger partial charge in [0.2, 0.25) is 0 Å². The molecule has 2 N–H and O–H groups in total. The van der Waals surface area contributed by atoms with E-state index in [1.165, 1.54) is 0 Å². The van der Waals surface area contributed by atoms with Crippen molar-refractivity contribution < 1.29 is 0 Å². The fraction of sp³-hybridized carbons (Fsp3) is 0.462. The van der Waals surface area contributed by atoms with Crippen molar-refractivity contribution in [3.8, 4) is 0 Å². The van der Waals surface area contributed by atoms with Gasteiger partial charge in [0.25, 0.3) is 0 Å². The fourth-order valence-corrected chi connectivity index (χ4v) is 2.45. The van der Waals surface area contributed by atoms with Gasteiger partial charge < -0.3 is 10.6 Å². The largest absolute Gasteiger partial charge is 0.356 e. The summed E-state index contributed by atoms with van der Waals surface area (Å²) in [5.74, 6) is 0.792. The Morgan fingerprint density at radius 1 is 1.43 bits per heavy atom. The van der Waals surface area contributed by atoms with Gasteiger partial charge in [-0.15, -0.1) is 35.3 Å². The minimum absolute atomic E-state index is 0. The van der Waals surface area contributed by atoms with Crippen LogP contribution in [-0.4, -0.2) is 34.3 Å². The number of guanidine groups is 1. The summed E-state index contributed by atoms with van der Waals surface area (Å²) in [6, 6.07) is 0. The van der Waals surface area contributed by atoms with Gasteiger partial charge in [-0.1, -0.05) is 0 Å². The lowest BCUT2D eigenvalue weighted by molar-refractivity contribution is 0.763. The number of aliphatic imine (C=N–C) groups is 1. The highest BCUT2D eigenvalue weighted by Gasteiger charge is 2.01. The zero-order valence-electron chi connectivity index (χ0n) is 12.5.